The molecule has 0 aromatic rings. The lowest BCUT2D eigenvalue weighted by atomic mass is 10.2. The molecule has 4 amide bonds. The van der Waals surface area contributed by atoms with E-state index < -0.39 is 23.8 Å². The Bertz CT molecular complexity index is 472. The van der Waals surface area contributed by atoms with E-state index in [1.807, 2.05) is 6.92 Å². The Morgan fingerprint density at radius 1 is 1.19 bits per heavy atom. The second-order valence-corrected chi connectivity index (χ2v) is 4.82. The number of esters is 1. The highest BCUT2D eigenvalue weighted by atomic mass is 16.5. The Hall–Kier alpha value is -2.18. The molecule has 21 heavy (non-hydrogen) atoms. The first kappa shape index (κ1) is 16.9. The highest BCUT2D eigenvalue weighted by Gasteiger charge is 2.37. The molecule has 1 fully saturated rings. The van der Waals surface area contributed by atoms with Crippen LogP contribution in [0.3, 0.4) is 0 Å². The summed E-state index contributed by atoms with van der Waals surface area (Å²) in [5, 5.41) is 0. The van der Waals surface area contributed by atoms with Crippen molar-refractivity contribution >= 4 is 23.8 Å². The van der Waals surface area contributed by atoms with Crippen LogP contribution in [0, 0.1) is 0 Å². The summed E-state index contributed by atoms with van der Waals surface area (Å²) in [6, 6.07) is -0.643. The topological polar surface area (TPSA) is 84.0 Å². The number of imide groups is 2. The molecule has 0 unspecified atom stereocenters. The summed E-state index contributed by atoms with van der Waals surface area (Å²) >= 11 is 0. The van der Waals surface area contributed by atoms with E-state index in [0.29, 0.717) is 13.0 Å². The van der Waals surface area contributed by atoms with Gasteiger partial charge in [-0.2, -0.15) is 0 Å². The maximum absolute atomic E-state index is 12.1. The van der Waals surface area contributed by atoms with Gasteiger partial charge >= 0.3 is 12.0 Å². The minimum absolute atomic E-state index is 0.0629. The third-order valence-electron chi connectivity index (χ3n) is 3.00. The molecule has 0 aliphatic carbocycles. The zero-order valence-electron chi connectivity index (χ0n) is 12.4. The average Bonchev–Trinajstić information content (AvgIpc) is 2.41. The molecule has 116 valence electrons. The van der Waals surface area contributed by atoms with Gasteiger partial charge in [0.25, 0.3) is 0 Å². The summed E-state index contributed by atoms with van der Waals surface area (Å²) < 4.78 is 4.86. The Morgan fingerprint density at radius 3 is 2.29 bits per heavy atom. The van der Waals surface area contributed by atoms with Gasteiger partial charge in [0.1, 0.15) is 13.0 Å². The van der Waals surface area contributed by atoms with Crippen molar-refractivity contribution in [2.45, 2.75) is 33.1 Å². The molecule has 0 aromatic heterocycles. The van der Waals surface area contributed by atoms with E-state index in [1.54, 1.807) is 0 Å². The molecule has 0 radical (unpaired) electrons. The molecule has 0 N–H and O–H groups in total. The lowest BCUT2D eigenvalue weighted by Crippen LogP contribution is -2.55. The Kier molecular flexibility index (Phi) is 6.08. The number of nitrogens with zero attached hydrogens (tertiary/aromatic N) is 2. The van der Waals surface area contributed by atoms with Crippen molar-refractivity contribution in [3.8, 4) is 0 Å². The number of amides is 4. The van der Waals surface area contributed by atoms with Crippen molar-refractivity contribution in [3.63, 3.8) is 0 Å². The highest BCUT2D eigenvalue weighted by molar-refractivity contribution is 6.14. The van der Waals surface area contributed by atoms with Gasteiger partial charge < -0.3 is 4.74 Å². The monoisotopic (exact) mass is 296 g/mol. The minimum atomic E-state index is -0.643. The molecule has 0 atom stereocenters. The largest absolute Gasteiger partial charge is 0.460 e. The van der Waals surface area contributed by atoms with Crippen molar-refractivity contribution in [1.29, 1.82) is 0 Å². The van der Waals surface area contributed by atoms with Crippen LogP contribution < -0.4 is 0 Å². The van der Waals surface area contributed by atoms with Crippen molar-refractivity contribution < 1.29 is 23.9 Å². The van der Waals surface area contributed by atoms with Crippen LogP contribution in [0.25, 0.3) is 0 Å². The van der Waals surface area contributed by atoms with E-state index in [1.165, 1.54) is 6.92 Å². The molecule has 7 nitrogen and oxygen atoms in total. The van der Waals surface area contributed by atoms with Crippen LogP contribution in [0.4, 0.5) is 4.79 Å². The van der Waals surface area contributed by atoms with Gasteiger partial charge in [-0.1, -0.05) is 19.9 Å². The molecule has 0 spiro atoms. The number of barbiturate groups is 1. The van der Waals surface area contributed by atoms with Crippen LogP contribution in [0.1, 0.15) is 33.1 Å². The van der Waals surface area contributed by atoms with Crippen LogP contribution >= 0.6 is 0 Å². The summed E-state index contributed by atoms with van der Waals surface area (Å²) in [6.07, 6.45) is 1.19. The summed E-state index contributed by atoms with van der Waals surface area (Å²) in [5.41, 5.74) is 0.242. The molecule has 0 saturated carbocycles. The van der Waals surface area contributed by atoms with E-state index >= 15 is 0 Å². The Morgan fingerprint density at radius 2 is 1.76 bits per heavy atom. The number of ether oxygens (including phenoxy) is 1. The Balaban J connectivity index is 2.61. The van der Waals surface area contributed by atoms with E-state index in [9.17, 15) is 19.2 Å². The standard InChI is InChI=1S/C14H20N2O5/c1-4-5-6-15-11(17)9-12(18)16(14(15)20)7-8-21-13(19)10(2)3/h2,4-9H2,1,3H3. The molecule has 1 aliphatic heterocycles. The first-order valence-electron chi connectivity index (χ1n) is 6.85. The van der Waals surface area contributed by atoms with Crippen LogP contribution in [0.2, 0.25) is 0 Å². The quantitative estimate of drug-likeness (QED) is 0.399. The third-order valence-corrected chi connectivity index (χ3v) is 3.00. The van der Waals surface area contributed by atoms with E-state index in [2.05, 4.69) is 6.58 Å². The predicted octanol–water partition coefficient (Wildman–Crippen LogP) is 1.09. The maximum atomic E-state index is 12.1. The van der Waals surface area contributed by atoms with Crippen molar-refractivity contribution in [1.82, 2.24) is 9.80 Å². The number of hydrogen-bond acceptors (Lipinski definition) is 5. The molecule has 1 aliphatic rings. The van der Waals surface area contributed by atoms with Gasteiger partial charge in [-0.15, -0.1) is 0 Å². The fourth-order valence-corrected chi connectivity index (χ4v) is 1.79. The fourth-order valence-electron chi connectivity index (χ4n) is 1.79. The number of carbonyl (C=O) groups is 4. The van der Waals surface area contributed by atoms with Gasteiger partial charge in [0.05, 0.1) is 6.54 Å². The predicted molar refractivity (Wildman–Crippen MR) is 74.1 cm³/mol. The van der Waals surface area contributed by atoms with Gasteiger partial charge in [-0.05, 0) is 13.3 Å². The minimum Gasteiger partial charge on any atom is -0.460 e. The summed E-state index contributed by atoms with van der Waals surface area (Å²) in [4.78, 5) is 48.8. The van der Waals surface area contributed by atoms with Gasteiger partial charge in [-0.25, -0.2) is 9.59 Å². The molecule has 1 rings (SSSR count). The Labute approximate surface area is 123 Å². The highest BCUT2D eigenvalue weighted by Crippen LogP contribution is 2.13. The number of hydrogen-bond donors (Lipinski definition) is 0. The molecule has 0 aromatic carbocycles. The molecule has 0 bridgehead atoms. The zero-order chi connectivity index (χ0) is 16.0. The first-order chi connectivity index (χ1) is 9.88. The zero-order valence-corrected chi connectivity index (χ0v) is 12.4. The van der Waals surface area contributed by atoms with Gasteiger partial charge in [0.15, 0.2) is 0 Å². The number of carbonyl (C=O) groups excluding carboxylic acids is 4. The third kappa shape index (κ3) is 4.40. The normalized spacial score (nSPS) is 15.4. The van der Waals surface area contributed by atoms with Crippen LogP contribution in [0.5, 0.6) is 0 Å². The molecule has 1 heterocycles. The van der Waals surface area contributed by atoms with Gasteiger partial charge in [0, 0.05) is 12.1 Å². The summed E-state index contributed by atoms with van der Waals surface area (Å²) in [6.45, 7) is 7.00. The van der Waals surface area contributed by atoms with Crippen molar-refractivity contribution in [2.75, 3.05) is 19.7 Å². The summed E-state index contributed by atoms with van der Waals surface area (Å²) in [7, 11) is 0. The number of urea groups is 1. The maximum Gasteiger partial charge on any atom is 0.333 e. The fraction of sp³-hybridized carbons (Fsp3) is 0.571. The SMILES string of the molecule is C=C(C)C(=O)OCCN1C(=O)CC(=O)N(CCCC)C1=O. The van der Waals surface area contributed by atoms with Crippen molar-refractivity contribution in [3.05, 3.63) is 12.2 Å². The second kappa shape index (κ2) is 7.56. The van der Waals surface area contributed by atoms with E-state index in [0.717, 1.165) is 16.2 Å². The number of unbranched alkanes of at least 4 members (excludes halogenated alkanes) is 1. The summed E-state index contributed by atoms with van der Waals surface area (Å²) in [5.74, 6) is -1.62. The molecule has 7 heteroatoms. The second-order valence-electron chi connectivity index (χ2n) is 4.82. The van der Waals surface area contributed by atoms with E-state index in [-0.39, 0.29) is 25.1 Å². The lowest BCUT2D eigenvalue weighted by Gasteiger charge is -2.32. The average molecular weight is 296 g/mol. The molecule has 1 saturated heterocycles. The van der Waals surface area contributed by atoms with Crippen molar-refractivity contribution in [2.24, 2.45) is 0 Å². The van der Waals surface area contributed by atoms with E-state index in [4.69, 9.17) is 4.74 Å². The smallest absolute Gasteiger partial charge is 0.333 e. The molecular weight excluding hydrogens is 276 g/mol. The van der Waals surface area contributed by atoms with Crippen LogP contribution in [-0.4, -0.2) is 53.3 Å². The van der Waals surface area contributed by atoms with Gasteiger partial charge in [-0.3, -0.25) is 19.4 Å². The number of rotatable bonds is 7. The van der Waals surface area contributed by atoms with Crippen LogP contribution in [-0.2, 0) is 19.1 Å². The van der Waals surface area contributed by atoms with Gasteiger partial charge in [0.2, 0.25) is 11.8 Å². The molecular formula is C14H20N2O5. The van der Waals surface area contributed by atoms with Crippen LogP contribution in [0.15, 0.2) is 12.2 Å². The lowest BCUT2D eigenvalue weighted by molar-refractivity contribution is -0.146. The first-order valence-corrected chi connectivity index (χ1v) is 6.85.